The van der Waals surface area contributed by atoms with Crippen molar-refractivity contribution in [1.29, 1.82) is 0 Å². The molecule has 0 fully saturated rings. The van der Waals surface area contributed by atoms with Crippen LogP contribution in [0.4, 0.5) is 6.01 Å². The first kappa shape index (κ1) is 9.77. The summed E-state index contributed by atoms with van der Waals surface area (Å²) in [4.78, 5) is 15.0. The standard InChI is InChI=1S/C9H14N2O2/c1-5(2)4-7-8(6(3)12)13-9(10)11-7/h5H,4H2,1-3H3,(H2,10,11). The largest absolute Gasteiger partial charge is 0.420 e. The second kappa shape index (κ2) is 3.60. The minimum Gasteiger partial charge on any atom is -0.420 e. The van der Waals surface area contributed by atoms with E-state index in [2.05, 4.69) is 18.8 Å². The fourth-order valence-corrected chi connectivity index (χ4v) is 1.17. The number of anilines is 1. The number of aromatic nitrogens is 1. The molecule has 13 heavy (non-hydrogen) atoms. The lowest BCUT2D eigenvalue weighted by Crippen LogP contribution is -2.01. The third kappa shape index (κ3) is 2.31. The van der Waals surface area contributed by atoms with Crippen LogP contribution < -0.4 is 5.73 Å². The Morgan fingerprint density at radius 3 is 2.69 bits per heavy atom. The molecule has 2 N–H and O–H groups in total. The number of rotatable bonds is 3. The highest BCUT2D eigenvalue weighted by molar-refractivity contribution is 5.92. The smallest absolute Gasteiger partial charge is 0.292 e. The molecule has 0 saturated carbocycles. The molecule has 0 aromatic carbocycles. The van der Waals surface area contributed by atoms with Crippen molar-refractivity contribution in [3.8, 4) is 0 Å². The van der Waals surface area contributed by atoms with Gasteiger partial charge in [0.05, 0.1) is 5.69 Å². The topological polar surface area (TPSA) is 69.1 Å². The van der Waals surface area contributed by atoms with Gasteiger partial charge < -0.3 is 10.2 Å². The molecule has 0 aliphatic carbocycles. The molecule has 0 spiro atoms. The Labute approximate surface area is 77.1 Å². The van der Waals surface area contributed by atoms with Crippen LogP contribution >= 0.6 is 0 Å². The maximum absolute atomic E-state index is 11.1. The molecule has 0 aliphatic heterocycles. The Balaban J connectivity index is 2.97. The van der Waals surface area contributed by atoms with E-state index in [9.17, 15) is 4.79 Å². The van der Waals surface area contributed by atoms with E-state index < -0.39 is 0 Å². The van der Waals surface area contributed by atoms with Gasteiger partial charge in [0, 0.05) is 6.92 Å². The molecule has 0 atom stereocenters. The van der Waals surface area contributed by atoms with E-state index in [-0.39, 0.29) is 11.8 Å². The molecule has 72 valence electrons. The van der Waals surface area contributed by atoms with Crippen molar-refractivity contribution in [2.75, 3.05) is 5.73 Å². The Morgan fingerprint density at radius 2 is 2.23 bits per heavy atom. The number of carbonyl (C=O) groups excluding carboxylic acids is 1. The predicted octanol–water partition coefficient (Wildman–Crippen LogP) is 1.66. The van der Waals surface area contributed by atoms with Gasteiger partial charge in [0.2, 0.25) is 0 Å². The molecule has 1 aromatic heterocycles. The maximum Gasteiger partial charge on any atom is 0.292 e. The van der Waals surface area contributed by atoms with Gasteiger partial charge >= 0.3 is 0 Å². The SMILES string of the molecule is CC(=O)c1oc(N)nc1CC(C)C. The van der Waals surface area contributed by atoms with Crippen LogP contribution in [0.1, 0.15) is 37.0 Å². The van der Waals surface area contributed by atoms with Crippen molar-refractivity contribution in [3.63, 3.8) is 0 Å². The van der Waals surface area contributed by atoms with Crippen molar-refractivity contribution in [2.24, 2.45) is 5.92 Å². The van der Waals surface area contributed by atoms with Crippen molar-refractivity contribution >= 4 is 11.8 Å². The summed E-state index contributed by atoms with van der Waals surface area (Å²) >= 11 is 0. The van der Waals surface area contributed by atoms with E-state index in [0.717, 1.165) is 6.42 Å². The predicted molar refractivity (Wildman–Crippen MR) is 49.5 cm³/mol. The summed E-state index contributed by atoms with van der Waals surface area (Å²) in [7, 11) is 0. The Hall–Kier alpha value is -1.32. The van der Waals surface area contributed by atoms with Gasteiger partial charge in [0.25, 0.3) is 6.01 Å². The van der Waals surface area contributed by atoms with Crippen molar-refractivity contribution in [3.05, 3.63) is 11.5 Å². The minimum absolute atomic E-state index is 0.0702. The summed E-state index contributed by atoms with van der Waals surface area (Å²) in [6.07, 6.45) is 0.718. The van der Waals surface area contributed by atoms with Crippen LogP contribution in [0.25, 0.3) is 0 Å². The Kier molecular flexibility index (Phi) is 2.70. The molecule has 0 bridgehead atoms. The zero-order chi connectivity index (χ0) is 10.0. The molecular formula is C9H14N2O2. The quantitative estimate of drug-likeness (QED) is 0.722. The zero-order valence-corrected chi connectivity index (χ0v) is 8.13. The zero-order valence-electron chi connectivity index (χ0n) is 8.13. The van der Waals surface area contributed by atoms with Crippen LogP contribution in [0.2, 0.25) is 0 Å². The Bertz CT molecular complexity index is 315. The number of hydrogen-bond acceptors (Lipinski definition) is 4. The van der Waals surface area contributed by atoms with E-state index in [4.69, 9.17) is 10.2 Å². The van der Waals surface area contributed by atoms with Crippen LogP contribution in [-0.2, 0) is 6.42 Å². The van der Waals surface area contributed by atoms with Gasteiger partial charge in [0.15, 0.2) is 11.5 Å². The molecule has 0 saturated heterocycles. The highest BCUT2D eigenvalue weighted by Gasteiger charge is 2.16. The molecule has 1 heterocycles. The monoisotopic (exact) mass is 182 g/mol. The molecular weight excluding hydrogens is 168 g/mol. The van der Waals surface area contributed by atoms with E-state index >= 15 is 0 Å². The number of nitrogens with zero attached hydrogens (tertiary/aromatic N) is 1. The first-order chi connectivity index (χ1) is 6.00. The molecule has 0 radical (unpaired) electrons. The molecule has 4 nitrogen and oxygen atoms in total. The first-order valence-corrected chi connectivity index (χ1v) is 4.26. The van der Waals surface area contributed by atoms with Gasteiger partial charge in [-0.3, -0.25) is 4.79 Å². The van der Waals surface area contributed by atoms with Crippen molar-refractivity contribution in [2.45, 2.75) is 27.2 Å². The lowest BCUT2D eigenvalue weighted by atomic mass is 10.1. The van der Waals surface area contributed by atoms with Crippen molar-refractivity contribution in [1.82, 2.24) is 4.98 Å². The van der Waals surface area contributed by atoms with Gasteiger partial charge in [0.1, 0.15) is 0 Å². The van der Waals surface area contributed by atoms with Gasteiger partial charge in [-0.1, -0.05) is 13.8 Å². The average Bonchev–Trinajstić information content (AvgIpc) is 2.29. The van der Waals surface area contributed by atoms with E-state index in [1.54, 1.807) is 0 Å². The lowest BCUT2D eigenvalue weighted by molar-refractivity contribution is 0.0987. The van der Waals surface area contributed by atoms with Crippen LogP contribution in [0.3, 0.4) is 0 Å². The summed E-state index contributed by atoms with van der Waals surface area (Å²) < 4.78 is 4.99. The van der Waals surface area contributed by atoms with Gasteiger partial charge in [-0.15, -0.1) is 0 Å². The number of Topliss-reactive ketones (excluding diaryl/α,β-unsaturated/α-hetero) is 1. The maximum atomic E-state index is 11.1. The molecule has 0 unspecified atom stereocenters. The third-order valence-corrected chi connectivity index (χ3v) is 1.64. The number of oxazole rings is 1. The number of ketones is 1. The fourth-order valence-electron chi connectivity index (χ4n) is 1.17. The van der Waals surface area contributed by atoms with Gasteiger partial charge in [-0.25, -0.2) is 0 Å². The Morgan fingerprint density at radius 1 is 1.62 bits per heavy atom. The van der Waals surface area contributed by atoms with Crippen LogP contribution in [0.5, 0.6) is 0 Å². The molecule has 0 amide bonds. The van der Waals surface area contributed by atoms with E-state index in [1.807, 2.05) is 0 Å². The number of carbonyl (C=O) groups is 1. The molecule has 1 aromatic rings. The minimum atomic E-state index is -0.125. The molecule has 0 aliphatic rings. The first-order valence-electron chi connectivity index (χ1n) is 4.26. The van der Waals surface area contributed by atoms with Gasteiger partial charge in [-0.05, 0) is 12.3 Å². The summed E-state index contributed by atoms with van der Waals surface area (Å²) in [6.45, 7) is 5.55. The second-order valence-corrected chi connectivity index (χ2v) is 3.48. The van der Waals surface area contributed by atoms with Crippen LogP contribution in [0, 0.1) is 5.92 Å². The summed E-state index contributed by atoms with van der Waals surface area (Å²) in [5.41, 5.74) is 6.03. The van der Waals surface area contributed by atoms with Gasteiger partial charge in [-0.2, -0.15) is 4.98 Å². The highest BCUT2D eigenvalue weighted by Crippen LogP contribution is 2.16. The van der Waals surface area contributed by atoms with E-state index in [0.29, 0.717) is 17.4 Å². The molecule has 1 rings (SSSR count). The van der Waals surface area contributed by atoms with Crippen molar-refractivity contribution < 1.29 is 9.21 Å². The number of nitrogens with two attached hydrogens (primary N) is 1. The summed E-state index contributed by atoms with van der Waals surface area (Å²) in [6, 6.07) is 0.0702. The van der Waals surface area contributed by atoms with Crippen LogP contribution in [0.15, 0.2) is 4.42 Å². The van der Waals surface area contributed by atoms with Crippen LogP contribution in [-0.4, -0.2) is 10.8 Å². The number of hydrogen-bond donors (Lipinski definition) is 1. The lowest BCUT2D eigenvalue weighted by Gasteiger charge is -2.00. The number of nitrogen functional groups attached to an aromatic ring is 1. The second-order valence-electron chi connectivity index (χ2n) is 3.48. The normalized spacial score (nSPS) is 10.8. The average molecular weight is 182 g/mol. The highest BCUT2D eigenvalue weighted by atomic mass is 16.4. The molecule has 4 heteroatoms. The third-order valence-electron chi connectivity index (χ3n) is 1.64. The van der Waals surface area contributed by atoms with E-state index in [1.165, 1.54) is 6.92 Å². The fraction of sp³-hybridized carbons (Fsp3) is 0.556. The summed E-state index contributed by atoms with van der Waals surface area (Å²) in [5.74, 6) is 0.605. The summed E-state index contributed by atoms with van der Waals surface area (Å²) in [5, 5.41) is 0.